The van der Waals surface area contributed by atoms with E-state index in [2.05, 4.69) is 10.4 Å². The second kappa shape index (κ2) is 3.04. The third-order valence-corrected chi connectivity index (χ3v) is 3.20. The molecular formula is C7H11N3O3S. The van der Waals surface area contributed by atoms with Gasteiger partial charge in [0.1, 0.15) is 0 Å². The van der Waals surface area contributed by atoms with E-state index in [1.165, 1.54) is 6.20 Å². The summed E-state index contributed by atoms with van der Waals surface area (Å²) in [4.78, 5) is 0. The number of aliphatic hydroxyl groups excluding tert-OH is 1. The number of nitrogens with one attached hydrogen (secondary N) is 1. The number of fused-ring (bicyclic) bond motifs is 1. The van der Waals surface area contributed by atoms with Gasteiger partial charge in [-0.2, -0.15) is 9.19 Å². The van der Waals surface area contributed by atoms with Crippen molar-refractivity contribution in [2.24, 2.45) is 0 Å². The Labute approximate surface area is 81.6 Å². The van der Waals surface area contributed by atoms with Crippen LogP contribution in [0.1, 0.15) is 17.3 Å². The number of rotatable bonds is 2. The van der Waals surface area contributed by atoms with Gasteiger partial charge in [-0.15, -0.1) is 0 Å². The molecule has 1 aliphatic heterocycles. The molecule has 6 nitrogen and oxygen atoms in total. The van der Waals surface area contributed by atoms with E-state index in [0.717, 1.165) is 15.9 Å². The number of hydrogen-bond acceptors (Lipinski definition) is 5. The van der Waals surface area contributed by atoms with Gasteiger partial charge in [0, 0.05) is 12.1 Å². The Morgan fingerprint density at radius 2 is 2.50 bits per heavy atom. The molecule has 1 atom stereocenters. The van der Waals surface area contributed by atoms with E-state index in [1.54, 1.807) is 0 Å². The van der Waals surface area contributed by atoms with Crippen LogP contribution in [0.3, 0.4) is 0 Å². The third-order valence-electron chi connectivity index (χ3n) is 2.25. The predicted molar refractivity (Wildman–Crippen MR) is 49.1 cm³/mol. The van der Waals surface area contributed by atoms with Crippen LogP contribution in [0, 0.1) is 0 Å². The molecule has 0 bridgehead atoms. The third kappa shape index (κ3) is 1.33. The van der Waals surface area contributed by atoms with Crippen LogP contribution in [0.25, 0.3) is 0 Å². The van der Waals surface area contributed by atoms with E-state index in [4.69, 9.17) is 5.11 Å². The molecular weight excluding hydrogens is 206 g/mol. The molecule has 2 rings (SSSR count). The highest BCUT2D eigenvalue weighted by atomic mass is 32.2. The first-order chi connectivity index (χ1) is 6.54. The summed E-state index contributed by atoms with van der Waals surface area (Å²) in [5.74, 6) is 0. The van der Waals surface area contributed by atoms with Crippen LogP contribution in [0.2, 0.25) is 0 Å². The van der Waals surface area contributed by atoms with Gasteiger partial charge in [-0.05, 0) is 0 Å². The van der Waals surface area contributed by atoms with Crippen molar-refractivity contribution in [3.63, 3.8) is 0 Å². The molecule has 0 saturated heterocycles. The van der Waals surface area contributed by atoms with Crippen molar-refractivity contribution in [2.45, 2.75) is 12.6 Å². The van der Waals surface area contributed by atoms with Crippen molar-refractivity contribution in [1.82, 2.24) is 14.5 Å². The van der Waals surface area contributed by atoms with Crippen LogP contribution in [0.15, 0.2) is 6.20 Å². The summed E-state index contributed by atoms with van der Waals surface area (Å²) in [6.45, 7) is 0.371. The minimum absolute atomic E-state index is 0.0531. The van der Waals surface area contributed by atoms with Gasteiger partial charge in [0.05, 0.1) is 30.8 Å². The number of aliphatic hydroxyl groups is 1. The minimum Gasteiger partial charge on any atom is -0.394 e. The maximum Gasteiger partial charge on any atom is 0.251 e. The molecule has 1 aliphatic rings. The van der Waals surface area contributed by atoms with Crippen molar-refractivity contribution in [3.05, 3.63) is 17.5 Å². The lowest BCUT2D eigenvalue weighted by Crippen LogP contribution is -2.18. The van der Waals surface area contributed by atoms with E-state index < -0.39 is 10.0 Å². The average molecular weight is 217 g/mol. The molecule has 14 heavy (non-hydrogen) atoms. The second-order valence-corrected chi connectivity index (χ2v) is 5.08. The number of aromatic nitrogens is 2. The Morgan fingerprint density at radius 3 is 3.07 bits per heavy atom. The maximum atomic E-state index is 11.3. The van der Waals surface area contributed by atoms with Gasteiger partial charge in [-0.25, -0.2) is 8.42 Å². The van der Waals surface area contributed by atoms with E-state index in [0.29, 0.717) is 12.2 Å². The maximum absolute atomic E-state index is 11.3. The zero-order valence-corrected chi connectivity index (χ0v) is 8.45. The van der Waals surface area contributed by atoms with E-state index in [1.807, 2.05) is 0 Å². The van der Waals surface area contributed by atoms with E-state index in [9.17, 15) is 8.42 Å². The lowest BCUT2D eigenvalue weighted by atomic mass is 10.2. The molecule has 0 aliphatic carbocycles. The summed E-state index contributed by atoms with van der Waals surface area (Å²) in [5, 5.41) is 15.7. The van der Waals surface area contributed by atoms with Crippen LogP contribution in [0.5, 0.6) is 0 Å². The second-order valence-electron chi connectivity index (χ2n) is 3.27. The van der Waals surface area contributed by atoms with Crippen LogP contribution < -0.4 is 5.32 Å². The minimum atomic E-state index is -3.33. The van der Waals surface area contributed by atoms with Gasteiger partial charge in [-0.1, -0.05) is 0 Å². The summed E-state index contributed by atoms with van der Waals surface area (Å²) in [7, 11) is -3.33. The van der Waals surface area contributed by atoms with Crippen LogP contribution in [-0.2, 0) is 16.6 Å². The van der Waals surface area contributed by atoms with Gasteiger partial charge in [0.2, 0.25) is 0 Å². The molecule has 1 aromatic rings. The van der Waals surface area contributed by atoms with Crippen molar-refractivity contribution in [2.75, 3.05) is 12.9 Å². The normalized spacial score (nSPS) is 21.1. The highest BCUT2D eigenvalue weighted by Gasteiger charge is 2.28. The molecule has 2 N–H and O–H groups in total. The molecule has 7 heteroatoms. The zero-order chi connectivity index (χ0) is 10.3. The Kier molecular flexibility index (Phi) is 2.09. The first kappa shape index (κ1) is 9.63. The summed E-state index contributed by atoms with van der Waals surface area (Å²) < 4.78 is 23.5. The summed E-state index contributed by atoms with van der Waals surface area (Å²) >= 11 is 0. The smallest absolute Gasteiger partial charge is 0.251 e. The van der Waals surface area contributed by atoms with Gasteiger partial charge in [0.15, 0.2) is 0 Å². The molecule has 2 heterocycles. The van der Waals surface area contributed by atoms with Crippen molar-refractivity contribution in [1.29, 1.82) is 0 Å². The van der Waals surface area contributed by atoms with Gasteiger partial charge in [-0.3, -0.25) is 0 Å². The van der Waals surface area contributed by atoms with Crippen molar-refractivity contribution in [3.8, 4) is 0 Å². The first-order valence-electron chi connectivity index (χ1n) is 4.15. The monoisotopic (exact) mass is 217 g/mol. The van der Waals surface area contributed by atoms with Crippen molar-refractivity contribution >= 4 is 10.0 Å². The number of hydrogen-bond donors (Lipinski definition) is 2. The molecule has 0 unspecified atom stereocenters. The van der Waals surface area contributed by atoms with Crippen LogP contribution >= 0.6 is 0 Å². The molecule has 0 radical (unpaired) electrons. The Bertz CT molecular complexity index is 451. The largest absolute Gasteiger partial charge is 0.394 e. The lowest BCUT2D eigenvalue weighted by Gasteiger charge is -2.03. The highest BCUT2D eigenvalue weighted by molar-refractivity contribution is 7.89. The highest BCUT2D eigenvalue weighted by Crippen LogP contribution is 2.24. The van der Waals surface area contributed by atoms with Crippen LogP contribution in [0.4, 0.5) is 0 Å². The molecule has 0 fully saturated rings. The molecule has 78 valence electrons. The van der Waals surface area contributed by atoms with E-state index >= 15 is 0 Å². The van der Waals surface area contributed by atoms with Gasteiger partial charge >= 0.3 is 0 Å². The standard InChI is InChI=1S/C7H11N3O3S/c1-14(12,13)10-7-3-8-6(4-11)5(7)2-9-10/h2,6,8,11H,3-4H2,1H3/t6-/m0/s1. The fourth-order valence-electron chi connectivity index (χ4n) is 1.61. The van der Waals surface area contributed by atoms with E-state index in [-0.39, 0.29) is 12.6 Å². The Hall–Kier alpha value is -0.920. The van der Waals surface area contributed by atoms with Crippen molar-refractivity contribution < 1.29 is 13.5 Å². The molecule has 0 amide bonds. The Morgan fingerprint density at radius 1 is 1.79 bits per heavy atom. The Balaban J connectivity index is 2.51. The fourth-order valence-corrected chi connectivity index (χ4v) is 2.40. The molecule has 0 spiro atoms. The van der Waals surface area contributed by atoms with Gasteiger partial charge < -0.3 is 10.4 Å². The first-order valence-corrected chi connectivity index (χ1v) is 6.00. The zero-order valence-electron chi connectivity index (χ0n) is 7.64. The summed E-state index contributed by atoms with van der Waals surface area (Å²) in [6, 6.07) is -0.194. The summed E-state index contributed by atoms with van der Waals surface area (Å²) in [6.07, 6.45) is 2.59. The summed E-state index contributed by atoms with van der Waals surface area (Å²) in [5.41, 5.74) is 1.38. The predicted octanol–water partition coefficient (Wildman–Crippen LogP) is -1.17. The number of nitrogens with zero attached hydrogens (tertiary/aromatic N) is 2. The molecule has 1 aromatic heterocycles. The topological polar surface area (TPSA) is 84.2 Å². The molecule has 0 saturated carbocycles. The molecule has 0 aromatic carbocycles. The SMILES string of the molecule is CS(=O)(=O)n1ncc2c1CN[C@H]2CO. The fraction of sp³-hybridized carbons (Fsp3) is 0.571. The van der Waals surface area contributed by atoms with Gasteiger partial charge in [0.25, 0.3) is 10.0 Å². The average Bonchev–Trinajstić information content (AvgIpc) is 2.59. The van der Waals surface area contributed by atoms with Crippen LogP contribution in [-0.4, -0.2) is 35.6 Å². The lowest BCUT2D eigenvalue weighted by molar-refractivity contribution is 0.251. The quantitative estimate of drug-likeness (QED) is 0.652.